The molecule has 0 fully saturated rings. The van der Waals surface area contributed by atoms with Gasteiger partial charge >= 0.3 is 24.1 Å². The molecule has 2 aromatic carbocycles. The van der Waals surface area contributed by atoms with Crippen LogP contribution in [0.1, 0.15) is 78.2 Å². The maximum Gasteiger partial charge on any atom is 0.514 e. The third kappa shape index (κ3) is 11.2. The van der Waals surface area contributed by atoms with E-state index >= 15 is 0 Å². The van der Waals surface area contributed by atoms with Crippen LogP contribution in [0, 0.1) is 11.8 Å². The molecule has 0 aliphatic rings. The average Bonchev–Trinajstić information content (AvgIpc) is 2.92. The third-order valence-corrected chi connectivity index (χ3v) is 6.81. The quantitative estimate of drug-likeness (QED) is 0.151. The summed E-state index contributed by atoms with van der Waals surface area (Å²) in [6.07, 6.45) is 0.169. The Balaban J connectivity index is 2.32. The molecule has 0 aromatic heterocycles. The first-order chi connectivity index (χ1) is 19.4. The van der Waals surface area contributed by atoms with Crippen LogP contribution in [-0.2, 0) is 19.1 Å². The zero-order valence-corrected chi connectivity index (χ0v) is 24.3. The number of esters is 2. The van der Waals surface area contributed by atoms with Crippen LogP contribution >= 0.6 is 0 Å². The van der Waals surface area contributed by atoms with Crippen LogP contribution in [0.3, 0.4) is 0 Å². The first-order valence-corrected chi connectivity index (χ1v) is 13.9. The van der Waals surface area contributed by atoms with Gasteiger partial charge in [0, 0.05) is 18.8 Å². The minimum Gasteiger partial charge on any atom is -0.480 e. The van der Waals surface area contributed by atoms with E-state index in [0.717, 1.165) is 12.8 Å². The predicted octanol–water partition coefficient (Wildman–Crippen LogP) is 5.86. The Hall–Kier alpha value is -3.92. The summed E-state index contributed by atoms with van der Waals surface area (Å²) in [5, 5.41) is 9.71. The van der Waals surface area contributed by atoms with Gasteiger partial charge in [0.05, 0.1) is 0 Å². The van der Waals surface area contributed by atoms with Crippen LogP contribution in [0.4, 0.5) is 4.79 Å². The van der Waals surface area contributed by atoms with Crippen LogP contribution in [0.2, 0.25) is 0 Å². The second-order valence-corrected chi connectivity index (χ2v) is 10.4. The molecule has 41 heavy (non-hydrogen) atoms. The maximum atomic E-state index is 12.7. The van der Waals surface area contributed by atoms with Crippen molar-refractivity contribution in [2.45, 2.75) is 84.8 Å². The Kier molecular flexibility index (Phi) is 13.3. The van der Waals surface area contributed by atoms with Gasteiger partial charge in [-0.2, -0.15) is 0 Å². The molecule has 0 aliphatic carbocycles. The fraction of sp³-hybridized carbons (Fsp3) is 0.484. The van der Waals surface area contributed by atoms with E-state index in [9.17, 15) is 24.3 Å². The summed E-state index contributed by atoms with van der Waals surface area (Å²) < 4.78 is 21.6. The van der Waals surface area contributed by atoms with Gasteiger partial charge in [-0.15, -0.1) is 0 Å². The Labute approximate surface area is 241 Å². The molecular weight excluding hydrogens is 530 g/mol. The second kappa shape index (κ2) is 16.4. The molecule has 10 heteroatoms. The number of hydrogen-bond acceptors (Lipinski definition) is 9. The van der Waals surface area contributed by atoms with Crippen molar-refractivity contribution in [3.8, 4) is 17.2 Å². The second-order valence-electron chi connectivity index (χ2n) is 10.4. The predicted molar refractivity (Wildman–Crippen MR) is 152 cm³/mol. The van der Waals surface area contributed by atoms with Gasteiger partial charge in [0.1, 0.15) is 17.9 Å². The molecule has 224 valence electrons. The highest BCUT2D eigenvalue weighted by Crippen LogP contribution is 2.35. The van der Waals surface area contributed by atoms with Crippen molar-refractivity contribution in [3.63, 3.8) is 0 Å². The van der Waals surface area contributed by atoms with Gasteiger partial charge in [0.25, 0.3) is 0 Å². The lowest BCUT2D eigenvalue weighted by atomic mass is 9.87. The van der Waals surface area contributed by atoms with Gasteiger partial charge in [0.15, 0.2) is 11.5 Å². The Morgan fingerprint density at radius 1 is 0.805 bits per heavy atom. The van der Waals surface area contributed by atoms with Gasteiger partial charge in [-0.25, -0.2) is 4.79 Å². The number of para-hydroxylation sites is 1. The summed E-state index contributed by atoms with van der Waals surface area (Å²) in [5.41, 5.74) is 6.46. The number of carboxylic acids is 1. The van der Waals surface area contributed by atoms with Crippen LogP contribution in [0.5, 0.6) is 17.2 Å². The van der Waals surface area contributed by atoms with E-state index in [4.69, 9.17) is 24.7 Å². The summed E-state index contributed by atoms with van der Waals surface area (Å²) in [6.45, 7) is 9.35. The average molecular weight is 572 g/mol. The number of benzene rings is 2. The van der Waals surface area contributed by atoms with Crippen molar-refractivity contribution in [2.24, 2.45) is 17.6 Å². The molecule has 10 nitrogen and oxygen atoms in total. The van der Waals surface area contributed by atoms with Crippen molar-refractivity contribution in [1.29, 1.82) is 0 Å². The third-order valence-electron chi connectivity index (χ3n) is 6.81. The fourth-order valence-electron chi connectivity index (χ4n) is 3.95. The highest BCUT2D eigenvalue weighted by atomic mass is 16.7. The molecule has 0 aliphatic heterocycles. The molecule has 4 unspecified atom stereocenters. The van der Waals surface area contributed by atoms with Crippen molar-refractivity contribution in [3.05, 3.63) is 54.1 Å². The lowest BCUT2D eigenvalue weighted by Crippen LogP contribution is -2.38. The first-order valence-electron chi connectivity index (χ1n) is 13.9. The van der Waals surface area contributed by atoms with E-state index < -0.39 is 42.1 Å². The minimum atomic E-state index is -1.38. The highest BCUT2D eigenvalue weighted by molar-refractivity contribution is 5.77. The molecule has 0 spiro atoms. The van der Waals surface area contributed by atoms with Crippen molar-refractivity contribution in [1.82, 2.24) is 0 Å². The van der Waals surface area contributed by atoms with Gasteiger partial charge in [0.2, 0.25) is 0 Å². The number of carboxylic acid groups (broad SMARTS) is 1. The van der Waals surface area contributed by atoms with E-state index in [-0.39, 0.29) is 42.6 Å². The number of aliphatic carboxylic acids is 1. The molecule has 0 saturated carbocycles. The summed E-state index contributed by atoms with van der Waals surface area (Å²) in [6, 6.07) is 11.4. The van der Waals surface area contributed by atoms with Crippen molar-refractivity contribution >= 4 is 24.1 Å². The van der Waals surface area contributed by atoms with E-state index in [0.29, 0.717) is 11.3 Å². The summed E-state index contributed by atoms with van der Waals surface area (Å²) >= 11 is 0. The number of carbonyl (C=O) groups excluding carboxylic acids is 3. The van der Waals surface area contributed by atoms with Crippen LogP contribution in [-0.4, -0.2) is 41.3 Å². The molecule has 0 amide bonds. The summed E-state index contributed by atoms with van der Waals surface area (Å²) in [4.78, 5) is 49.4. The lowest BCUT2D eigenvalue weighted by molar-refractivity contribution is -0.139. The van der Waals surface area contributed by atoms with Crippen molar-refractivity contribution < 1.29 is 43.2 Å². The standard InChI is InChI=1S/C31H41NO9/c1-6-19(3)15-27(33)40-25-14-13-22(18-26(25)41-28(34)16-20(4)7-2)24(29(32)30(35)36)17-21(5)38-31(37)39-23-11-9-8-10-12-23/h8-14,18-21,24,29H,6-7,15-17,32H2,1-5H3,(H,35,36)/t19?,20?,21?,24?,29-/m0/s1. The van der Waals surface area contributed by atoms with E-state index in [1.54, 1.807) is 43.3 Å². The molecule has 3 N–H and O–H groups in total. The van der Waals surface area contributed by atoms with Gasteiger partial charge in [-0.1, -0.05) is 64.8 Å². The number of hydrogen-bond donors (Lipinski definition) is 2. The molecular formula is C31H41NO9. The van der Waals surface area contributed by atoms with Gasteiger partial charge in [-0.3, -0.25) is 14.4 Å². The number of carbonyl (C=O) groups is 4. The minimum absolute atomic E-state index is 0.0186. The molecule has 0 bridgehead atoms. The maximum absolute atomic E-state index is 12.7. The summed E-state index contributed by atoms with van der Waals surface area (Å²) in [7, 11) is 0. The molecule has 0 saturated heterocycles. The molecule has 0 radical (unpaired) electrons. The zero-order valence-electron chi connectivity index (χ0n) is 24.3. The molecule has 0 heterocycles. The number of ether oxygens (including phenoxy) is 4. The first kappa shape index (κ1) is 33.3. The van der Waals surface area contributed by atoms with Crippen LogP contribution in [0.15, 0.2) is 48.5 Å². The zero-order chi connectivity index (χ0) is 30.5. The van der Waals surface area contributed by atoms with Gasteiger partial charge in [-0.05, 0) is 55.0 Å². The fourth-order valence-corrected chi connectivity index (χ4v) is 3.95. The van der Waals surface area contributed by atoms with E-state index in [1.165, 1.54) is 12.1 Å². The van der Waals surface area contributed by atoms with Crippen LogP contribution in [0.25, 0.3) is 0 Å². The largest absolute Gasteiger partial charge is 0.514 e. The number of rotatable bonds is 15. The van der Waals surface area contributed by atoms with Gasteiger partial charge < -0.3 is 29.8 Å². The molecule has 5 atom stereocenters. The Morgan fingerprint density at radius 3 is 1.90 bits per heavy atom. The highest BCUT2D eigenvalue weighted by Gasteiger charge is 2.30. The Bertz CT molecular complexity index is 1170. The summed E-state index contributed by atoms with van der Waals surface area (Å²) in [5.74, 6) is -2.64. The SMILES string of the molecule is CCC(C)CC(=O)Oc1ccc(C(CC(C)OC(=O)Oc2ccccc2)[C@H](N)C(=O)O)cc1OC(=O)CC(C)CC. The topological polar surface area (TPSA) is 151 Å². The van der Waals surface area contributed by atoms with E-state index in [1.807, 2.05) is 27.7 Å². The lowest BCUT2D eigenvalue weighted by Gasteiger charge is -2.25. The van der Waals surface area contributed by atoms with E-state index in [2.05, 4.69) is 0 Å². The molecule has 2 rings (SSSR count). The van der Waals surface area contributed by atoms with Crippen LogP contribution < -0.4 is 19.9 Å². The smallest absolute Gasteiger partial charge is 0.480 e. The normalized spacial score (nSPS) is 14.6. The molecule has 2 aromatic rings. The number of nitrogens with two attached hydrogens (primary N) is 1. The Morgan fingerprint density at radius 2 is 1.37 bits per heavy atom. The monoisotopic (exact) mass is 571 g/mol. The van der Waals surface area contributed by atoms with Crippen molar-refractivity contribution in [2.75, 3.05) is 0 Å².